The predicted octanol–water partition coefficient (Wildman–Crippen LogP) is 3.71. The van der Waals surface area contributed by atoms with Gasteiger partial charge in [0.05, 0.1) is 36.9 Å². The molecule has 2 aromatic rings. The zero-order valence-corrected chi connectivity index (χ0v) is 25.4. The Morgan fingerprint density at radius 2 is 1.83 bits per heavy atom. The first-order valence-electron chi connectivity index (χ1n) is 14.7. The lowest BCUT2D eigenvalue weighted by Crippen LogP contribution is -2.66. The molecular weight excluding hydrogens is 543 g/mol. The van der Waals surface area contributed by atoms with Gasteiger partial charge in [0.25, 0.3) is 5.91 Å². The highest BCUT2D eigenvalue weighted by atomic mass is 19.1. The standard InChI is InChI=1S/C30H43FN6O5/c1-7-22-25(32-33-37(22)23-11-9-8-10-21(23)31)28(39)35(17-19(2)3)24-16-20(27(38)34-12-14-42-15-13-34)18-36(29(40)41)26(24)30(4,5)6/h8-11,19-20,24,26H,7,12-18H2,1-6H3,(H,40,41)/t20-,24+,26?/m1/s1. The average Bonchev–Trinajstić information content (AvgIpc) is 3.38. The maximum absolute atomic E-state index is 14.7. The summed E-state index contributed by atoms with van der Waals surface area (Å²) in [6.07, 6.45) is -0.454. The van der Waals surface area contributed by atoms with Gasteiger partial charge in [-0.3, -0.25) is 9.59 Å². The van der Waals surface area contributed by atoms with Gasteiger partial charge in [-0.2, -0.15) is 0 Å². The van der Waals surface area contributed by atoms with Gasteiger partial charge in [-0.15, -0.1) is 5.10 Å². The highest BCUT2D eigenvalue weighted by molar-refractivity contribution is 5.94. The number of hydrogen-bond donors (Lipinski definition) is 1. The number of rotatable bonds is 7. The Bertz CT molecular complexity index is 1290. The molecule has 1 aromatic heterocycles. The largest absolute Gasteiger partial charge is 0.465 e. The summed E-state index contributed by atoms with van der Waals surface area (Å²) in [5.74, 6) is -1.61. The van der Waals surface area contributed by atoms with Crippen molar-refractivity contribution in [1.82, 2.24) is 29.7 Å². The van der Waals surface area contributed by atoms with Crippen LogP contribution in [-0.2, 0) is 16.0 Å². The van der Waals surface area contributed by atoms with Crippen LogP contribution in [0.1, 0.15) is 64.1 Å². The number of halogens is 1. The number of hydrogen-bond acceptors (Lipinski definition) is 6. The number of para-hydroxylation sites is 1. The van der Waals surface area contributed by atoms with E-state index in [-0.39, 0.29) is 29.8 Å². The number of carboxylic acid groups (broad SMARTS) is 1. The van der Waals surface area contributed by atoms with E-state index in [4.69, 9.17) is 4.74 Å². The fourth-order valence-electron chi connectivity index (χ4n) is 6.31. The summed E-state index contributed by atoms with van der Waals surface area (Å²) < 4.78 is 21.5. The molecule has 3 amide bonds. The van der Waals surface area contributed by atoms with Crippen molar-refractivity contribution in [3.8, 4) is 5.69 Å². The van der Waals surface area contributed by atoms with Gasteiger partial charge in [0.2, 0.25) is 5.91 Å². The molecule has 1 N–H and O–H groups in total. The first-order chi connectivity index (χ1) is 19.8. The molecule has 4 rings (SSSR count). The summed E-state index contributed by atoms with van der Waals surface area (Å²) >= 11 is 0. The van der Waals surface area contributed by atoms with Crippen molar-refractivity contribution in [3.63, 3.8) is 0 Å². The minimum absolute atomic E-state index is 0.0369. The lowest BCUT2D eigenvalue weighted by atomic mass is 9.74. The van der Waals surface area contributed by atoms with Crippen molar-refractivity contribution >= 4 is 17.9 Å². The van der Waals surface area contributed by atoms with Crippen LogP contribution in [-0.4, -0.2) is 104 Å². The van der Waals surface area contributed by atoms with Gasteiger partial charge < -0.3 is 24.5 Å². The van der Waals surface area contributed by atoms with E-state index in [1.165, 1.54) is 15.6 Å². The number of ether oxygens (including phenoxy) is 1. The van der Waals surface area contributed by atoms with Crippen LogP contribution in [0.5, 0.6) is 0 Å². The number of piperidine rings is 1. The molecule has 0 spiro atoms. The maximum atomic E-state index is 14.7. The molecule has 1 aromatic carbocycles. The van der Waals surface area contributed by atoms with Gasteiger partial charge in [-0.05, 0) is 36.3 Å². The van der Waals surface area contributed by atoms with Crippen LogP contribution < -0.4 is 0 Å². The van der Waals surface area contributed by atoms with Gasteiger partial charge >= 0.3 is 6.09 Å². The molecule has 1 unspecified atom stereocenters. The van der Waals surface area contributed by atoms with Crippen molar-refractivity contribution in [3.05, 3.63) is 41.5 Å². The number of amides is 3. The number of nitrogens with zero attached hydrogens (tertiary/aromatic N) is 6. The average molecular weight is 587 g/mol. The summed E-state index contributed by atoms with van der Waals surface area (Å²) in [7, 11) is 0. The Morgan fingerprint density at radius 3 is 2.40 bits per heavy atom. The lowest BCUT2D eigenvalue weighted by molar-refractivity contribution is -0.144. The highest BCUT2D eigenvalue weighted by Crippen LogP contribution is 2.38. The lowest BCUT2D eigenvalue weighted by Gasteiger charge is -2.52. The molecule has 0 radical (unpaired) electrons. The topological polar surface area (TPSA) is 121 Å². The minimum Gasteiger partial charge on any atom is -0.465 e. The summed E-state index contributed by atoms with van der Waals surface area (Å²) in [5.41, 5.74) is 0.189. The third kappa shape index (κ3) is 6.43. The molecule has 2 aliphatic rings. The number of aromatic nitrogens is 3. The van der Waals surface area contributed by atoms with Crippen molar-refractivity contribution in [2.24, 2.45) is 17.3 Å². The number of morpholine rings is 1. The number of benzene rings is 1. The first-order valence-corrected chi connectivity index (χ1v) is 14.7. The van der Waals surface area contributed by atoms with Crippen LogP contribution in [0.25, 0.3) is 5.69 Å². The minimum atomic E-state index is -1.13. The Hall–Kier alpha value is -3.54. The van der Waals surface area contributed by atoms with E-state index in [1.807, 2.05) is 41.5 Å². The Kier molecular flexibility index (Phi) is 9.54. The first kappa shape index (κ1) is 31.4. The van der Waals surface area contributed by atoms with Crippen LogP contribution in [0, 0.1) is 23.1 Å². The summed E-state index contributed by atoms with van der Waals surface area (Å²) in [6, 6.07) is 4.98. The van der Waals surface area contributed by atoms with Crippen LogP contribution in [0.4, 0.5) is 9.18 Å². The zero-order chi connectivity index (χ0) is 30.8. The molecular formula is C30H43FN6O5. The van der Waals surface area contributed by atoms with Crippen LogP contribution in [0.3, 0.4) is 0 Å². The third-order valence-corrected chi connectivity index (χ3v) is 8.05. The molecule has 11 nitrogen and oxygen atoms in total. The number of carbonyl (C=O) groups excluding carboxylic acids is 2. The number of likely N-dealkylation sites (tertiary alicyclic amines) is 1. The van der Waals surface area contributed by atoms with Gasteiger partial charge in [-0.1, -0.05) is 58.9 Å². The molecule has 42 heavy (non-hydrogen) atoms. The molecule has 0 bridgehead atoms. The van der Waals surface area contributed by atoms with Gasteiger partial charge in [-0.25, -0.2) is 13.9 Å². The van der Waals surface area contributed by atoms with E-state index in [1.54, 1.807) is 28.0 Å². The molecule has 0 saturated carbocycles. The van der Waals surface area contributed by atoms with Gasteiger partial charge in [0.1, 0.15) is 11.5 Å². The van der Waals surface area contributed by atoms with E-state index in [0.29, 0.717) is 51.4 Å². The monoisotopic (exact) mass is 586 g/mol. The SMILES string of the molecule is CCc1c(C(=O)N(CC(C)C)[C@H]2C[C@@H](C(=O)N3CCOCC3)CN(C(=O)O)C2C(C)(C)C)nnn1-c1ccccc1F. The summed E-state index contributed by atoms with van der Waals surface area (Å²) in [4.78, 5) is 45.6. The van der Waals surface area contributed by atoms with E-state index in [9.17, 15) is 23.9 Å². The summed E-state index contributed by atoms with van der Waals surface area (Å²) in [5, 5.41) is 18.8. The summed E-state index contributed by atoms with van der Waals surface area (Å²) in [6.45, 7) is 13.8. The second-order valence-corrected chi connectivity index (χ2v) is 12.6. The predicted molar refractivity (Wildman–Crippen MR) is 154 cm³/mol. The molecule has 0 aliphatic carbocycles. The van der Waals surface area contributed by atoms with Gasteiger partial charge in [0.15, 0.2) is 5.69 Å². The fourth-order valence-corrected chi connectivity index (χ4v) is 6.31. The fraction of sp³-hybridized carbons (Fsp3) is 0.633. The van der Waals surface area contributed by atoms with Crippen LogP contribution in [0.2, 0.25) is 0 Å². The van der Waals surface area contributed by atoms with Crippen molar-refractivity contribution in [2.45, 2.75) is 66.5 Å². The second-order valence-electron chi connectivity index (χ2n) is 12.6. The molecule has 3 atom stereocenters. The van der Waals surface area contributed by atoms with Crippen LogP contribution in [0.15, 0.2) is 24.3 Å². The Morgan fingerprint density at radius 1 is 1.17 bits per heavy atom. The Balaban J connectivity index is 1.79. The van der Waals surface area contributed by atoms with Gasteiger partial charge in [0, 0.05) is 26.2 Å². The molecule has 2 saturated heterocycles. The molecule has 230 valence electrons. The third-order valence-electron chi connectivity index (χ3n) is 8.05. The highest BCUT2D eigenvalue weighted by Gasteiger charge is 2.50. The van der Waals surface area contributed by atoms with E-state index in [0.717, 1.165) is 0 Å². The normalized spacial score (nSPS) is 21.5. The van der Waals surface area contributed by atoms with E-state index < -0.39 is 41.2 Å². The van der Waals surface area contributed by atoms with Crippen molar-refractivity contribution in [2.75, 3.05) is 39.4 Å². The quantitative estimate of drug-likeness (QED) is 0.525. The maximum Gasteiger partial charge on any atom is 0.407 e. The Labute approximate surface area is 246 Å². The van der Waals surface area contributed by atoms with E-state index in [2.05, 4.69) is 10.3 Å². The smallest absolute Gasteiger partial charge is 0.407 e. The van der Waals surface area contributed by atoms with Crippen molar-refractivity contribution < 1.29 is 28.6 Å². The van der Waals surface area contributed by atoms with Crippen LogP contribution >= 0.6 is 0 Å². The van der Waals surface area contributed by atoms with Crippen molar-refractivity contribution in [1.29, 1.82) is 0 Å². The number of carbonyl (C=O) groups is 3. The molecule has 2 aliphatic heterocycles. The zero-order valence-electron chi connectivity index (χ0n) is 25.4. The molecule has 3 heterocycles. The van der Waals surface area contributed by atoms with E-state index >= 15 is 0 Å². The molecule has 12 heteroatoms. The molecule has 2 fully saturated rings. The second kappa shape index (κ2) is 12.8.